The Kier molecular flexibility index (Phi) is 6.17. The van der Waals surface area contributed by atoms with E-state index in [4.69, 9.17) is 10.5 Å². The van der Waals surface area contributed by atoms with Crippen molar-refractivity contribution in [3.8, 4) is 5.75 Å². The van der Waals surface area contributed by atoms with Crippen molar-refractivity contribution in [2.75, 3.05) is 12.3 Å². The lowest BCUT2D eigenvalue weighted by Crippen LogP contribution is -2.17. The SMILES string of the molecule is CCCOc1ccc(/C=N\NC(=O)c2cccc(N)c2)cc1Br. The number of nitrogen functional groups attached to an aromatic ring is 1. The van der Waals surface area contributed by atoms with Gasteiger partial charge in [0.2, 0.25) is 0 Å². The summed E-state index contributed by atoms with van der Waals surface area (Å²) in [6.07, 6.45) is 2.52. The molecular formula is C17H18BrN3O2. The van der Waals surface area contributed by atoms with Crippen LogP contribution in [0.2, 0.25) is 0 Å². The highest BCUT2D eigenvalue weighted by Gasteiger charge is 2.04. The molecule has 0 heterocycles. The van der Waals surface area contributed by atoms with Crippen molar-refractivity contribution >= 4 is 33.7 Å². The van der Waals surface area contributed by atoms with Crippen LogP contribution >= 0.6 is 15.9 Å². The highest BCUT2D eigenvalue weighted by atomic mass is 79.9. The second-order valence-corrected chi connectivity index (χ2v) is 5.72. The molecule has 2 aromatic carbocycles. The molecule has 6 heteroatoms. The van der Waals surface area contributed by atoms with E-state index in [9.17, 15) is 4.79 Å². The summed E-state index contributed by atoms with van der Waals surface area (Å²) in [5.41, 5.74) is 9.96. The lowest BCUT2D eigenvalue weighted by Gasteiger charge is -2.07. The zero-order valence-electron chi connectivity index (χ0n) is 12.8. The van der Waals surface area contributed by atoms with E-state index in [1.54, 1.807) is 30.5 Å². The van der Waals surface area contributed by atoms with Crippen molar-refractivity contribution in [3.05, 3.63) is 58.1 Å². The highest BCUT2D eigenvalue weighted by molar-refractivity contribution is 9.10. The molecule has 0 spiro atoms. The van der Waals surface area contributed by atoms with E-state index < -0.39 is 0 Å². The smallest absolute Gasteiger partial charge is 0.271 e. The Labute approximate surface area is 143 Å². The van der Waals surface area contributed by atoms with Crippen molar-refractivity contribution in [2.24, 2.45) is 5.10 Å². The molecule has 1 amide bonds. The molecule has 0 aromatic heterocycles. The van der Waals surface area contributed by atoms with Gasteiger partial charge in [-0.1, -0.05) is 13.0 Å². The highest BCUT2D eigenvalue weighted by Crippen LogP contribution is 2.25. The van der Waals surface area contributed by atoms with E-state index in [-0.39, 0.29) is 5.91 Å². The van der Waals surface area contributed by atoms with Crippen molar-refractivity contribution < 1.29 is 9.53 Å². The van der Waals surface area contributed by atoms with E-state index in [2.05, 4.69) is 33.4 Å². The molecule has 23 heavy (non-hydrogen) atoms. The third-order valence-corrected chi connectivity index (χ3v) is 3.57. The average molecular weight is 376 g/mol. The molecule has 0 saturated heterocycles. The van der Waals surface area contributed by atoms with Crippen molar-refractivity contribution in [1.29, 1.82) is 0 Å². The van der Waals surface area contributed by atoms with Crippen molar-refractivity contribution in [1.82, 2.24) is 5.43 Å². The molecule has 0 radical (unpaired) electrons. The van der Waals surface area contributed by atoms with Gasteiger partial charge in [0.25, 0.3) is 5.91 Å². The van der Waals surface area contributed by atoms with E-state index in [0.717, 1.165) is 22.2 Å². The Morgan fingerprint density at radius 1 is 1.35 bits per heavy atom. The third-order valence-electron chi connectivity index (χ3n) is 2.95. The van der Waals surface area contributed by atoms with Crippen molar-refractivity contribution in [3.63, 3.8) is 0 Å². The quantitative estimate of drug-likeness (QED) is 0.460. The summed E-state index contributed by atoms with van der Waals surface area (Å²) in [4.78, 5) is 11.9. The molecule has 2 aromatic rings. The number of hydrazone groups is 1. The van der Waals surface area contributed by atoms with Gasteiger partial charge in [-0.2, -0.15) is 5.10 Å². The molecule has 0 aliphatic heterocycles. The maximum Gasteiger partial charge on any atom is 0.271 e. The normalized spacial score (nSPS) is 10.7. The zero-order valence-corrected chi connectivity index (χ0v) is 14.3. The number of nitrogens with two attached hydrogens (primary N) is 1. The maximum atomic E-state index is 11.9. The van der Waals surface area contributed by atoms with Crippen LogP contribution in [0.15, 0.2) is 52.0 Å². The number of hydrogen-bond acceptors (Lipinski definition) is 4. The first-order valence-corrected chi connectivity index (χ1v) is 8.00. The number of nitrogens with one attached hydrogen (secondary N) is 1. The first kappa shape index (κ1) is 17.0. The summed E-state index contributed by atoms with van der Waals surface area (Å²) in [5, 5.41) is 3.95. The lowest BCUT2D eigenvalue weighted by atomic mass is 10.2. The molecular weight excluding hydrogens is 358 g/mol. The standard InChI is InChI=1S/C17H18BrN3O2/c1-2-8-23-16-7-6-12(9-15(16)18)11-20-21-17(22)13-4-3-5-14(19)10-13/h3-7,9-11H,2,8,19H2,1H3,(H,21,22)/b20-11-. The van der Waals surface area contributed by atoms with Crippen LogP contribution in [-0.2, 0) is 0 Å². The van der Waals surface area contributed by atoms with Crippen LogP contribution < -0.4 is 15.9 Å². The van der Waals surface area contributed by atoms with Gasteiger partial charge in [-0.15, -0.1) is 0 Å². The molecule has 0 saturated carbocycles. The van der Waals surface area contributed by atoms with Gasteiger partial charge < -0.3 is 10.5 Å². The van der Waals surface area contributed by atoms with E-state index in [1.165, 1.54) is 0 Å². The fourth-order valence-corrected chi connectivity index (χ4v) is 2.35. The second-order valence-electron chi connectivity index (χ2n) is 4.86. The molecule has 5 nitrogen and oxygen atoms in total. The predicted molar refractivity (Wildman–Crippen MR) is 95.8 cm³/mol. The summed E-state index contributed by atoms with van der Waals surface area (Å²) in [5.74, 6) is 0.475. The minimum absolute atomic E-state index is 0.310. The van der Waals surface area contributed by atoms with Gasteiger partial charge in [0, 0.05) is 11.3 Å². The van der Waals surface area contributed by atoms with Gasteiger partial charge in [-0.05, 0) is 64.3 Å². The molecule has 0 atom stereocenters. The van der Waals surface area contributed by atoms with Gasteiger partial charge in [0.15, 0.2) is 0 Å². The summed E-state index contributed by atoms with van der Waals surface area (Å²) in [6.45, 7) is 2.72. The molecule has 0 unspecified atom stereocenters. The van der Waals surface area contributed by atoms with Gasteiger partial charge in [0.05, 0.1) is 17.3 Å². The summed E-state index contributed by atoms with van der Waals surface area (Å²) < 4.78 is 6.42. The number of rotatable bonds is 6. The number of halogens is 1. The van der Waals surface area contributed by atoms with Gasteiger partial charge in [-0.3, -0.25) is 4.79 Å². The first-order valence-electron chi connectivity index (χ1n) is 7.21. The summed E-state index contributed by atoms with van der Waals surface area (Å²) in [7, 11) is 0. The molecule has 0 aliphatic rings. The minimum Gasteiger partial charge on any atom is -0.492 e. The van der Waals surface area contributed by atoms with E-state index in [1.807, 2.05) is 18.2 Å². The van der Waals surface area contributed by atoms with Crippen LogP contribution in [0.1, 0.15) is 29.3 Å². The van der Waals surface area contributed by atoms with Gasteiger partial charge >= 0.3 is 0 Å². The number of carbonyl (C=O) groups is 1. The molecule has 0 fully saturated rings. The number of ether oxygens (including phenoxy) is 1. The largest absolute Gasteiger partial charge is 0.492 e. The molecule has 120 valence electrons. The fraction of sp³-hybridized carbons (Fsp3) is 0.176. The Bertz CT molecular complexity index is 717. The van der Waals surface area contributed by atoms with Gasteiger partial charge in [-0.25, -0.2) is 5.43 Å². The number of amides is 1. The second kappa shape index (κ2) is 8.33. The molecule has 3 N–H and O–H groups in total. The number of carbonyl (C=O) groups excluding carboxylic acids is 1. The number of nitrogens with zero attached hydrogens (tertiary/aromatic N) is 1. The minimum atomic E-state index is -0.310. The average Bonchev–Trinajstić information content (AvgIpc) is 2.54. The first-order chi connectivity index (χ1) is 11.1. The topological polar surface area (TPSA) is 76.7 Å². The number of benzene rings is 2. The Balaban J connectivity index is 1.97. The zero-order chi connectivity index (χ0) is 16.7. The summed E-state index contributed by atoms with van der Waals surface area (Å²) in [6, 6.07) is 12.3. The Morgan fingerprint density at radius 3 is 2.87 bits per heavy atom. The van der Waals surface area contributed by atoms with Crippen molar-refractivity contribution in [2.45, 2.75) is 13.3 Å². The Hall–Kier alpha value is -2.34. The molecule has 2 rings (SSSR count). The van der Waals surface area contributed by atoms with Crippen LogP contribution in [0.4, 0.5) is 5.69 Å². The van der Waals surface area contributed by atoms with Crippen LogP contribution in [0.5, 0.6) is 5.75 Å². The van der Waals surface area contributed by atoms with Crippen LogP contribution in [0.25, 0.3) is 0 Å². The predicted octanol–water partition coefficient (Wildman–Crippen LogP) is 3.58. The van der Waals surface area contributed by atoms with E-state index >= 15 is 0 Å². The third kappa shape index (κ3) is 5.10. The lowest BCUT2D eigenvalue weighted by molar-refractivity contribution is 0.0955. The molecule has 0 bridgehead atoms. The number of anilines is 1. The van der Waals surface area contributed by atoms with Crippen LogP contribution in [0, 0.1) is 0 Å². The van der Waals surface area contributed by atoms with Crippen LogP contribution in [0.3, 0.4) is 0 Å². The van der Waals surface area contributed by atoms with Crippen LogP contribution in [-0.4, -0.2) is 18.7 Å². The van der Waals surface area contributed by atoms with E-state index in [0.29, 0.717) is 17.9 Å². The fourth-order valence-electron chi connectivity index (χ4n) is 1.84. The maximum absolute atomic E-state index is 11.9. The molecule has 0 aliphatic carbocycles. The number of hydrogen-bond donors (Lipinski definition) is 2. The monoisotopic (exact) mass is 375 g/mol. The summed E-state index contributed by atoms with van der Waals surface area (Å²) >= 11 is 3.45. The van der Waals surface area contributed by atoms with Gasteiger partial charge in [0.1, 0.15) is 5.75 Å². The Morgan fingerprint density at radius 2 is 2.17 bits per heavy atom.